The van der Waals surface area contributed by atoms with Gasteiger partial charge in [0.05, 0.1) is 0 Å². The molecule has 0 bridgehead atoms. The minimum absolute atomic E-state index is 0.430. The summed E-state index contributed by atoms with van der Waals surface area (Å²) in [5, 5.41) is 3.01. The lowest BCUT2D eigenvalue weighted by Gasteiger charge is -2.22. The fourth-order valence-electron chi connectivity index (χ4n) is 2.16. The number of anilines is 2. The van der Waals surface area contributed by atoms with E-state index in [1.807, 2.05) is 0 Å². The van der Waals surface area contributed by atoms with Gasteiger partial charge in [0.25, 0.3) is 0 Å². The van der Waals surface area contributed by atoms with Crippen molar-refractivity contribution in [1.29, 1.82) is 0 Å². The van der Waals surface area contributed by atoms with E-state index < -0.39 is 35.7 Å². The minimum atomic E-state index is -0.920. The van der Waals surface area contributed by atoms with Crippen LogP contribution in [0.15, 0.2) is 36.4 Å². The summed E-state index contributed by atoms with van der Waals surface area (Å²) in [6.07, 6.45) is 0. The van der Waals surface area contributed by atoms with E-state index in [2.05, 4.69) is 5.32 Å². The molecule has 2 aromatic carbocycles. The molecular weight excluding hydrogens is 338 g/mol. The lowest BCUT2D eigenvalue weighted by molar-refractivity contribution is -0.120. The van der Waals surface area contributed by atoms with Crippen molar-refractivity contribution in [2.45, 2.75) is 13.8 Å². The Morgan fingerprint density at radius 3 is 2.38 bits per heavy atom. The molecule has 0 radical (unpaired) electrons. The van der Waals surface area contributed by atoms with Gasteiger partial charge in [-0.3, -0.25) is 14.5 Å². The van der Waals surface area contributed by atoms with E-state index in [1.165, 1.54) is 6.07 Å². The highest BCUT2D eigenvalue weighted by atomic mass is 35.5. The zero-order valence-corrected chi connectivity index (χ0v) is 13.8. The molecule has 0 unspecified atom stereocenters. The molecule has 24 heavy (non-hydrogen) atoms. The van der Waals surface area contributed by atoms with Crippen molar-refractivity contribution in [1.82, 2.24) is 0 Å². The molecule has 126 valence electrons. The standard InChI is InChI=1S/C17H15ClF2N2O2/c1-10-6-7-12(18)8-15(10)21-16(24)9-22(11(2)23)17-13(19)4-3-5-14(17)20/h3-8H,9H2,1-2H3,(H,21,24). The molecule has 0 saturated heterocycles. The van der Waals surface area contributed by atoms with Crippen LogP contribution in [-0.2, 0) is 9.59 Å². The van der Waals surface area contributed by atoms with Crippen LogP contribution in [0.3, 0.4) is 0 Å². The number of benzene rings is 2. The van der Waals surface area contributed by atoms with Gasteiger partial charge in [-0.2, -0.15) is 0 Å². The van der Waals surface area contributed by atoms with Crippen LogP contribution in [0.2, 0.25) is 5.02 Å². The number of halogens is 3. The van der Waals surface area contributed by atoms with Crippen molar-refractivity contribution in [3.05, 3.63) is 58.6 Å². The van der Waals surface area contributed by atoms with Crippen LogP contribution in [0.1, 0.15) is 12.5 Å². The molecule has 1 N–H and O–H groups in total. The van der Waals surface area contributed by atoms with Gasteiger partial charge < -0.3 is 5.32 Å². The fraction of sp³-hybridized carbons (Fsp3) is 0.176. The molecule has 2 amide bonds. The predicted molar refractivity (Wildman–Crippen MR) is 89.2 cm³/mol. The van der Waals surface area contributed by atoms with E-state index in [0.717, 1.165) is 29.5 Å². The Labute approximate surface area is 143 Å². The molecule has 0 aliphatic rings. The number of carbonyl (C=O) groups is 2. The second-order valence-electron chi connectivity index (χ2n) is 5.18. The fourth-order valence-corrected chi connectivity index (χ4v) is 2.33. The van der Waals surface area contributed by atoms with Gasteiger partial charge in [-0.05, 0) is 36.8 Å². The second-order valence-corrected chi connectivity index (χ2v) is 5.62. The first-order chi connectivity index (χ1) is 11.3. The number of hydrogen-bond donors (Lipinski definition) is 1. The van der Waals surface area contributed by atoms with Gasteiger partial charge in [0, 0.05) is 17.6 Å². The van der Waals surface area contributed by atoms with Crippen molar-refractivity contribution < 1.29 is 18.4 Å². The smallest absolute Gasteiger partial charge is 0.244 e. The molecule has 2 rings (SSSR count). The number of amides is 2. The highest BCUT2D eigenvalue weighted by Gasteiger charge is 2.22. The Balaban J connectivity index is 2.24. The van der Waals surface area contributed by atoms with Gasteiger partial charge in [0.2, 0.25) is 11.8 Å². The number of carbonyl (C=O) groups excluding carboxylic acids is 2. The normalized spacial score (nSPS) is 10.4. The first kappa shape index (κ1) is 17.9. The van der Waals surface area contributed by atoms with Crippen LogP contribution >= 0.6 is 11.6 Å². The Kier molecular flexibility index (Phi) is 5.51. The number of aryl methyl sites for hydroxylation is 1. The summed E-state index contributed by atoms with van der Waals surface area (Å²) in [5.74, 6) is -3.09. The van der Waals surface area contributed by atoms with Crippen LogP contribution in [0.4, 0.5) is 20.2 Å². The number of hydrogen-bond acceptors (Lipinski definition) is 2. The van der Waals surface area contributed by atoms with E-state index in [4.69, 9.17) is 11.6 Å². The van der Waals surface area contributed by atoms with E-state index in [0.29, 0.717) is 10.7 Å². The van der Waals surface area contributed by atoms with Crippen LogP contribution in [0.25, 0.3) is 0 Å². The number of para-hydroxylation sites is 1. The Bertz CT molecular complexity index is 776. The van der Waals surface area contributed by atoms with Gasteiger partial charge in [0.1, 0.15) is 23.9 Å². The summed E-state index contributed by atoms with van der Waals surface area (Å²) in [6, 6.07) is 8.17. The van der Waals surface area contributed by atoms with Crippen molar-refractivity contribution in [3.8, 4) is 0 Å². The SMILES string of the molecule is CC(=O)N(CC(=O)Nc1cc(Cl)ccc1C)c1c(F)cccc1F. The van der Waals surface area contributed by atoms with Crippen LogP contribution in [0, 0.1) is 18.6 Å². The van der Waals surface area contributed by atoms with E-state index >= 15 is 0 Å². The van der Waals surface area contributed by atoms with Gasteiger partial charge >= 0.3 is 0 Å². The first-order valence-electron chi connectivity index (χ1n) is 7.07. The largest absolute Gasteiger partial charge is 0.324 e. The number of rotatable bonds is 4. The average Bonchev–Trinajstić information content (AvgIpc) is 2.49. The molecule has 7 heteroatoms. The maximum absolute atomic E-state index is 13.9. The second kappa shape index (κ2) is 7.40. The van der Waals surface area contributed by atoms with Crippen LogP contribution < -0.4 is 10.2 Å². The summed E-state index contributed by atoms with van der Waals surface area (Å²) in [7, 11) is 0. The summed E-state index contributed by atoms with van der Waals surface area (Å²) < 4.78 is 27.7. The summed E-state index contributed by atoms with van der Waals surface area (Å²) in [6.45, 7) is 2.37. The van der Waals surface area contributed by atoms with Gasteiger partial charge in [-0.1, -0.05) is 23.7 Å². The molecule has 0 fully saturated rings. The van der Waals surface area contributed by atoms with Crippen molar-refractivity contribution in [3.63, 3.8) is 0 Å². The highest BCUT2D eigenvalue weighted by Crippen LogP contribution is 2.24. The lowest BCUT2D eigenvalue weighted by Crippen LogP contribution is -2.38. The van der Waals surface area contributed by atoms with E-state index in [-0.39, 0.29) is 0 Å². The lowest BCUT2D eigenvalue weighted by atomic mass is 10.2. The number of nitrogens with one attached hydrogen (secondary N) is 1. The van der Waals surface area contributed by atoms with Crippen molar-refractivity contribution >= 4 is 34.8 Å². The molecule has 0 spiro atoms. The molecule has 2 aromatic rings. The van der Waals surface area contributed by atoms with Crippen LogP contribution in [0.5, 0.6) is 0 Å². The molecule has 0 aliphatic heterocycles. The summed E-state index contributed by atoms with van der Waals surface area (Å²) >= 11 is 5.88. The zero-order valence-electron chi connectivity index (χ0n) is 13.1. The van der Waals surface area contributed by atoms with E-state index in [9.17, 15) is 18.4 Å². The van der Waals surface area contributed by atoms with Gasteiger partial charge in [-0.25, -0.2) is 8.78 Å². The Morgan fingerprint density at radius 2 is 1.79 bits per heavy atom. The summed E-state index contributed by atoms with van der Waals surface area (Å²) in [4.78, 5) is 24.7. The minimum Gasteiger partial charge on any atom is -0.324 e. The first-order valence-corrected chi connectivity index (χ1v) is 7.45. The quantitative estimate of drug-likeness (QED) is 0.906. The monoisotopic (exact) mass is 352 g/mol. The topological polar surface area (TPSA) is 49.4 Å². The third-order valence-corrected chi connectivity index (χ3v) is 3.60. The third kappa shape index (κ3) is 4.08. The average molecular weight is 353 g/mol. The predicted octanol–water partition coefficient (Wildman–Crippen LogP) is 3.92. The van der Waals surface area contributed by atoms with Gasteiger partial charge in [0.15, 0.2) is 0 Å². The molecular formula is C17H15ClF2N2O2. The number of nitrogens with zero attached hydrogens (tertiary/aromatic N) is 1. The Hall–Kier alpha value is -2.47. The zero-order chi connectivity index (χ0) is 17.9. The van der Waals surface area contributed by atoms with Gasteiger partial charge in [-0.15, -0.1) is 0 Å². The maximum atomic E-state index is 13.9. The summed E-state index contributed by atoms with van der Waals surface area (Å²) in [5.41, 5.74) is 0.673. The third-order valence-electron chi connectivity index (χ3n) is 3.36. The highest BCUT2D eigenvalue weighted by molar-refractivity contribution is 6.31. The Morgan fingerprint density at radius 1 is 1.17 bits per heavy atom. The molecule has 0 saturated carbocycles. The molecule has 4 nitrogen and oxygen atoms in total. The molecule has 0 aliphatic carbocycles. The van der Waals surface area contributed by atoms with Crippen molar-refractivity contribution in [2.24, 2.45) is 0 Å². The van der Waals surface area contributed by atoms with Crippen LogP contribution in [-0.4, -0.2) is 18.4 Å². The molecule has 0 aromatic heterocycles. The maximum Gasteiger partial charge on any atom is 0.244 e. The molecule has 0 atom stereocenters. The molecule has 0 heterocycles. The van der Waals surface area contributed by atoms with E-state index in [1.54, 1.807) is 25.1 Å². The van der Waals surface area contributed by atoms with Crippen molar-refractivity contribution in [2.75, 3.05) is 16.8 Å².